The van der Waals surface area contributed by atoms with Gasteiger partial charge < -0.3 is 5.32 Å². The zero-order valence-corrected chi connectivity index (χ0v) is 9.95. The van der Waals surface area contributed by atoms with Crippen LogP contribution in [0.2, 0.25) is 5.02 Å². The summed E-state index contributed by atoms with van der Waals surface area (Å²) in [4.78, 5) is 0. The number of rotatable bonds is 2. The maximum absolute atomic E-state index is 12.9. The number of hydrogen-bond donors (Lipinski definition) is 1. The highest BCUT2D eigenvalue weighted by atomic mass is 35.5. The van der Waals surface area contributed by atoms with E-state index in [1.165, 1.54) is 6.07 Å². The van der Waals surface area contributed by atoms with Crippen LogP contribution in [0.4, 0.5) is 4.39 Å². The van der Waals surface area contributed by atoms with Gasteiger partial charge in [0, 0.05) is 17.2 Å². The summed E-state index contributed by atoms with van der Waals surface area (Å²) in [6, 6.07) is 4.74. The highest BCUT2D eigenvalue weighted by molar-refractivity contribution is 6.30. The Balaban J connectivity index is 2.12. The van der Waals surface area contributed by atoms with Gasteiger partial charge in [-0.2, -0.15) is 0 Å². The van der Waals surface area contributed by atoms with Crippen LogP contribution in [0.15, 0.2) is 41.1 Å². The standard InChI is InChI=1S/C12H10Cl2FN/c13-9-2-3-10(16-7-9)5-8-1-4-12(15)11(14)6-8/h1-4,6,16H,5,7H2. The number of nitrogens with one attached hydrogen (secondary N) is 1. The van der Waals surface area contributed by atoms with Gasteiger partial charge in [-0.15, -0.1) is 0 Å². The molecule has 0 unspecified atom stereocenters. The summed E-state index contributed by atoms with van der Waals surface area (Å²) in [6.45, 7) is 0.641. The van der Waals surface area contributed by atoms with Crippen LogP contribution in [0, 0.1) is 5.82 Å². The molecule has 0 aliphatic carbocycles. The SMILES string of the molecule is Fc1ccc(CC2=CC=C(Cl)CN2)cc1Cl. The maximum atomic E-state index is 12.9. The molecule has 84 valence electrons. The van der Waals surface area contributed by atoms with Gasteiger partial charge in [0.05, 0.1) is 11.6 Å². The van der Waals surface area contributed by atoms with E-state index in [1.54, 1.807) is 12.1 Å². The van der Waals surface area contributed by atoms with Crippen molar-refractivity contribution in [2.24, 2.45) is 0 Å². The molecule has 4 heteroatoms. The quantitative estimate of drug-likeness (QED) is 0.854. The van der Waals surface area contributed by atoms with Crippen LogP contribution in [0.25, 0.3) is 0 Å². The molecule has 0 aromatic heterocycles. The predicted molar refractivity (Wildman–Crippen MR) is 65.1 cm³/mol. The van der Waals surface area contributed by atoms with Crippen molar-refractivity contribution in [1.82, 2.24) is 5.32 Å². The summed E-state index contributed by atoms with van der Waals surface area (Å²) < 4.78 is 12.9. The molecule has 1 aliphatic rings. The van der Waals surface area contributed by atoms with E-state index < -0.39 is 0 Å². The molecule has 1 heterocycles. The van der Waals surface area contributed by atoms with Crippen molar-refractivity contribution >= 4 is 23.2 Å². The van der Waals surface area contributed by atoms with E-state index in [2.05, 4.69) is 5.32 Å². The van der Waals surface area contributed by atoms with E-state index in [1.807, 2.05) is 12.2 Å². The van der Waals surface area contributed by atoms with Gasteiger partial charge in [0.1, 0.15) is 5.82 Å². The summed E-state index contributed by atoms with van der Waals surface area (Å²) in [5, 5.41) is 4.11. The third-order valence-corrected chi connectivity index (χ3v) is 2.88. The van der Waals surface area contributed by atoms with Crippen LogP contribution in [-0.2, 0) is 6.42 Å². The Morgan fingerprint density at radius 3 is 2.69 bits per heavy atom. The van der Waals surface area contributed by atoms with Gasteiger partial charge in [-0.25, -0.2) is 4.39 Å². The van der Waals surface area contributed by atoms with Crippen LogP contribution >= 0.6 is 23.2 Å². The van der Waals surface area contributed by atoms with Crippen molar-refractivity contribution in [3.8, 4) is 0 Å². The van der Waals surface area contributed by atoms with E-state index in [0.29, 0.717) is 13.0 Å². The zero-order valence-electron chi connectivity index (χ0n) is 8.43. The first-order chi connectivity index (χ1) is 7.65. The Hall–Kier alpha value is -0.990. The molecule has 0 fully saturated rings. The van der Waals surface area contributed by atoms with Crippen LogP contribution in [-0.4, -0.2) is 6.54 Å². The lowest BCUT2D eigenvalue weighted by Gasteiger charge is -2.14. The van der Waals surface area contributed by atoms with E-state index in [0.717, 1.165) is 16.3 Å². The molecule has 0 saturated heterocycles. The molecule has 1 nitrogen and oxygen atoms in total. The van der Waals surface area contributed by atoms with Crippen molar-refractivity contribution in [2.45, 2.75) is 6.42 Å². The molecular formula is C12H10Cl2FN. The number of hydrogen-bond acceptors (Lipinski definition) is 1. The zero-order chi connectivity index (χ0) is 11.5. The van der Waals surface area contributed by atoms with Crippen molar-refractivity contribution in [3.05, 3.63) is 57.5 Å². The summed E-state index contributed by atoms with van der Waals surface area (Å²) in [6.07, 6.45) is 4.47. The van der Waals surface area contributed by atoms with Crippen molar-refractivity contribution in [2.75, 3.05) is 6.54 Å². The Kier molecular flexibility index (Phi) is 3.52. The summed E-state index contributed by atoms with van der Waals surface area (Å²) in [5.41, 5.74) is 2.02. The van der Waals surface area contributed by atoms with Crippen LogP contribution < -0.4 is 5.32 Å². The van der Waals surface area contributed by atoms with E-state index in [4.69, 9.17) is 23.2 Å². The minimum Gasteiger partial charge on any atom is -0.383 e. The molecule has 0 atom stereocenters. The van der Waals surface area contributed by atoms with Crippen LogP contribution in [0.3, 0.4) is 0 Å². The van der Waals surface area contributed by atoms with Crippen molar-refractivity contribution in [3.63, 3.8) is 0 Å². The number of dihydropyridines is 1. The molecule has 0 saturated carbocycles. The van der Waals surface area contributed by atoms with Crippen molar-refractivity contribution < 1.29 is 4.39 Å². The maximum Gasteiger partial charge on any atom is 0.141 e. The van der Waals surface area contributed by atoms with E-state index in [-0.39, 0.29) is 10.8 Å². The molecule has 2 rings (SSSR count). The summed E-state index contributed by atoms with van der Waals surface area (Å²) in [5.74, 6) is -0.390. The average Bonchev–Trinajstić information content (AvgIpc) is 2.27. The Morgan fingerprint density at radius 1 is 1.25 bits per heavy atom. The Morgan fingerprint density at radius 2 is 2.06 bits per heavy atom. The lowest BCUT2D eigenvalue weighted by Crippen LogP contribution is -2.19. The molecule has 0 spiro atoms. The van der Waals surface area contributed by atoms with Crippen molar-refractivity contribution in [1.29, 1.82) is 0 Å². The Labute approximate surface area is 104 Å². The third kappa shape index (κ3) is 2.77. The first-order valence-corrected chi connectivity index (χ1v) is 5.64. The summed E-state index contributed by atoms with van der Waals surface area (Å²) >= 11 is 11.5. The second-order valence-corrected chi connectivity index (χ2v) is 4.48. The smallest absolute Gasteiger partial charge is 0.141 e. The first-order valence-electron chi connectivity index (χ1n) is 4.88. The lowest BCUT2D eigenvalue weighted by atomic mass is 10.1. The van der Waals surface area contributed by atoms with E-state index in [9.17, 15) is 4.39 Å². The highest BCUT2D eigenvalue weighted by Crippen LogP contribution is 2.18. The molecule has 0 bridgehead atoms. The predicted octanol–water partition coefficient (Wildman–Crippen LogP) is 3.63. The highest BCUT2D eigenvalue weighted by Gasteiger charge is 2.06. The van der Waals surface area contributed by atoms with E-state index >= 15 is 0 Å². The largest absolute Gasteiger partial charge is 0.383 e. The molecular weight excluding hydrogens is 248 g/mol. The van der Waals surface area contributed by atoms with Gasteiger partial charge in [-0.1, -0.05) is 29.3 Å². The molecule has 1 aromatic rings. The van der Waals surface area contributed by atoms with Gasteiger partial charge in [0.2, 0.25) is 0 Å². The van der Waals surface area contributed by atoms with Gasteiger partial charge in [0.25, 0.3) is 0 Å². The average molecular weight is 258 g/mol. The molecule has 1 N–H and O–H groups in total. The number of allylic oxidation sites excluding steroid dienone is 3. The van der Waals surface area contributed by atoms with Gasteiger partial charge >= 0.3 is 0 Å². The van der Waals surface area contributed by atoms with Gasteiger partial charge in [-0.05, 0) is 29.8 Å². The first kappa shape index (κ1) is 11.5. The van der Waals surface area contributed by atoms with Gasteiger partial charge in [0.15, 0.2) is 0 Å². The minimum atomic E-state index is -0.390. The third-order valence-electron chi connectivity index (χ3n) is 2.33. The number of benzene rings is 1. The monoisotopic (exact) mass is 257 g/mol. The van der Waals surface area contributed by atoms with Crippen LogP contribution in [0.5, 0.6) is 0 Å². The lowest BCUT2D eigenvalue weighted by molar-refractivity contribution is 0.627. The fourth-order valence-corrected chi connectivity index (χ4v) is 1.83. The molecule has 0 radical (unpaired) electrons. The topological polar surface area (TPSA) is 12.0 Å². The van der Waals surface area contributed by atoms with Gasteiger partial charge in [-0.3, -0.25) is 0 Å². The fraction of sp³-hybridized carbons (Fsp3) is 0.167. The normalized spacial score (nSPS) is 15.2. The molecule has 16 heavy (non-hydrogen) atoms. The second kappa shape index (κ2) is 4.89. The summed E-state index contributed by atoms with van der Waals surface area (Å²) in [7, 11) is 0. The number of halogens is 3. The van der Waals surface area contributed by atoms with Crippen LogP contribution in [0.1, 0.15) is 5.56 Å². The fourth-order valence-electron chi connectivity index (χ4n) is 1.50. The molecule has 1 aromatic carbocycles. The Bertz CT molecular complexity index is 466. The second-order valence-electron chi connectivity index (χ2n) is 3.58. The molecule has 0 amide bonds. The molecule has 1 aliphatic heterocycles. The minimum absolute atomic E-state index is 0.155.